The fraction of sp³-hybridized carbons (Fsp3) is 0.970. The number of esters is 1. The highest BCUT2D eigenvalue weighted by molar-refractivity contribution is 5.69. The van der Waals surface area contributed by atoms with E-state index in [-0.39, 0.29) is 19.2 Å². The number of carbonyl (C=O) groups excluding carboxylic acids is 1. The molecule has 222 valence electrons. The molecule has 0 aliphatic heterocycles. The topological polar surface area (TPSA) is 55.8 Å². The average molecular weight is 527 g/mol. The Morgan fingerprint density at radius 1 is 0.568 bits per heavy atom. The monoisotopic (exact) mass is 526 g/mol. The zero-order valence-corrected chi connectivity index (χ0v) is 25.4. The van der Waals surface area contributed by atoms with E-state index < -0.39 is 6.10 Å². The van der Waals surface area contributed by atoms with Gasteiger partial charge in [0, 0.05) is 13.0 Å². The Bertz CT molecular complexity index is 454. The molecular formula is C33H66O4. The van der Waals surface area contributed by atoms with Crippen LogP contribution in [0.25, 0.3) is 0 Å². The lowest BCUT2D eigenvalue weighted by Gasteiger charge is -2.17. The maximum atomic E-state index is 11.9. The molecule has 2 atom stereocenters. The van der Waals surface area contributed by atoms with Gasteiger partial charge in [0.25, 0.3) is 0 Å². The summed E-state index contributed by atoms with van der Waals surface area (Å²) in [5.41, 5.74) is 0. The Hall–Kier alpha value is -0.610. The fourth-order valence-corrected chi connectivity index (χ4v) is 4.93. The Labute approximate surface area is 232 Å². The van der Waals surface area contributed by atoms with Gasteiger partial charge >= 0.3 is 5.97 Å². The molecule has 4 nitrogen and oxygen atoms in total. The summed E-state index contributed by atoms with van der Waals surface area (Å²) in [7, 11) is 0. The first-order chi connectivity index (χ1) is 18.1. The maximum Gasteiger partial charge on any atom is 0.305 e. The molecule has 0 bridgehead atoms. The van der Waals surface area contributed by atoms with Crippen molar-refractivity contribution in [2.45, 2.75) is 181 Å². The minimum absolute atomic E-state index is 0.0453. The summed E-state index contributed by atoms with van der Waals surface area (Å²) in [4.78, 5) is 11.9. The van der Waals surface area contributed by atoms with Gasteiger partial charge in [0.15, 0.2) is 0 Å². The van der Waals surface area contributed by atoms with Gasteiger partial charge in [-0.05, 0) is 18.8 Å². The van der Waals surface area contributed by atoms with Gasteiger partial charge in [-0.15, -0.1) is 0 Å². The van der Waals surface area contributed by atoms with Crippen LogP contribution in [-0.4, -0.2) is 37.0 Å². The second kappa shape index (κ2) is 29.9. The van der Waals surface area contributed by atoms with Crippen molar-refractivity contribution in [1.82, 2.24) is 0 Å². The number of rotatable bonds is 30. The second-order valence-corrected chi connectivity index (χ2v) is 11.4. The molecule has 0 unspecified atom stereocenters. The van der Waals surface area contributed by atoms with E-state index in [9.17, 15) is 9.90 Å². The van der Waals surface area contributed by atoms with Crippen molar-refractivity contribution in [3.63, 3.8) is 0 Å². The molecule has 0 rings (SSSR count). The van der Waals surface area contributed by atoms with Gasteiger partial charge in [0.1, 0.15) is 12.7 Å². The molecule has 37 heavy (non-hydrogen) atoms. The van der Waals surface area contributed by atoms with E-state index in [0.29, 0.717) is 18.9 Å². The van der Waals surface area contributed by atoms with Crippen LogP contribution in [0.3, 0.4) is 0 Å². The zero-order chi connectivity index (χ0) is 27.2. The van der Waals surface area contributed by atoms with Crippen LogP contribution in [0.5, 0.6) is 0 Å². The first-order valence-corrected chi connectivity index (χ1v) is 16.5. The van der Waals surface area contributed by atoms with Gasteiger partial charge in [-0.1, -0.05) is 156 Å². The van der Waals surface area contributed by atoms with Crippen LogP contribution in [0.2, 0.25) is 0 Å². The van der Waals surface area contributed by atoms with Crippen molar-refractivity contribution >= 4 is 5.97 Å². The normalized spacial score (nSPS) is 13.1. The van der Waals surface area contributed by atoms with Crippen LogP contribution < -0.4 is 0 Å². The molecule has 0 heterocycles. The lowest BCUT2D eigenvalue weighted by molar-refractivity contribution is -0.148. The number of carbonyl (C=O) groups is 1. The quantitative estimate of drug-likeness (QED) is 0.0747. The lowest BCUT2D eigenvalue weighted by atomic mass is 10.0. The van der Waals surface area contributed by atoms with Crippen LogP contribution in [0.4, 0.5) is 0 Å². The van der Waals surface area contributed by atoms with Crippen LogP contribution in [0.15, 0.2) is 0 Å². The van der Waals surface area contributed by atoms with Crippen LogP contribution in [0.1, 0.15) is 175 Å². The Kier molecular flexibility index (Phi) is 29.4. The standard InChI is InChI=1S/C33H66O4/c1-4-7-9-10-11-12-13-14-15-16-17-18-19-20-21-22-23-24-25-27-33(35)37-30-32(34)29-36-28-31(6-3)26-8-5-2/h31-32,34H,4-30H2,1-3H3/t31-,32-/m0/s1. The van der Waals surface area contributed by atoms with Crippen molar-refractivity contribution in [2.24, 2.45) is 5.92 Å². The van der Waals surface area contributed by atoms with E-state index >= 15 is 0 Å². The first kappa shape index (κ1) is 36.4. The molecule has 1 N–H and O–H groups in total. The van der Waals surface area contributed by atoms with Gasteiger partial charge in [0.2, 0.25) is 0 Å². The molecule has 0 aromatic carbocycles. The highest BCUT2D eigenvalue weighted by Gasteiger charge is 2.11. The minimum atomic E-state index is -0.724. The maximum absolute atomic E-state index is 11.9. The second-order valence-electron chi connectivity index (χ2n) is 11.4. The molecule has 0 aliphatic rings. The summed E-state index contributed by atoms with van der Waals surface area (Å²) in [5.74, 6) is 0.365. The predicted molar refractivity (Wildman–Crippen MR) is 159 cm³/mol. The number of hydrogen-bond donors (Lipinski definition) is 1. The third kappa shape index (κ3) is 28.2. The summed E-state index contributed by atoms with van der Waals surface area (Å²) >= 11 is 0. The fourth-order valence-electron chi connectivity index (χ4n) is 4.93. The molecule has 0 aromatic heterocycles. The summed E-state index contributed by atoms with van der Waals surface area (Å²) in [5, 5.41) is 9.99. The third-order valence-corrected chi connectivity index (χ3v) is 7.63. The zero-order valence-electron chi connectivity index (χ0n) is 25.4. The van der Waals surface area contributed by atoms with Crippen LogP contribution in [-0.2, 0) is 14.3 Å². The van der Waals surface area contributed by atoms with Gasteiger partial charge < -0.3 is 14.6 Å². The van der Waals surface area contributed by atoms with Crippen molar-refractivity contribution in [3.8, 4) is 0 Å². The average Bonchev–Trinajstić information content (AvgIpc) is 2.90. The summed E-state index contributed by atoms with van der Waals surface area (Å²) in [6, 6.07) is 0. The van der Waals surface area contributed by atoms with E-state index in [1.54, 1.807) is 0 Å². The third-order valence-electron chi connectivity index (χ3n) is 7.63. The summed E-state index contributed by atoms with van der Waals surface area (Å²) < 4.78 is 10.9. The molecule has 0 saturated heterocycles. The van der Waals surface area contributed by atoms with E-state index in [1.807, 2.05) is 0 Å². The smallest absolute Gasteiger partial charge is 0.305 e. The molecule has 0 fully saturated rings. The SMILES string of the molecule is CCCCCCCCCCCCCCCCCCCCCC(=O)OC[C@@H](O)COC[C@@H](CC)CCCC. The van der Waals surface area contributed by atoms with E-state index in [2.05, 4.69) is 20.8 Å². The van der Waals surface area contributed by atoms with Crippen molar-refractivity contribution in [1.29, 1.82) is 0 Å². The van der Waals surface area contributed by atoms with Crippen molar-refractivity contribution < 1.29 is 19.4 Å². The molecule has 0 aromatic rings. The van der Waals surface area contributed by atoms with Crippen molar-refractivity contribution in [3.05, 3.63) is 0 Å². The van der Waals surface area contributed by atoms with E-state index in [1.165, 1.54) is 128 Å². The van der Waals surface area contributed by atoms with Crippen LogP contribution >= 0.6 is 0 Å². The van der Waals surface area contributed by atoms with Gasteiger partial charge in [-0.25, -0.2) is 0 Å². The van der Waals surface area contributed by atoms with Gasteiger partial charge in [0.05, 0.1) is 6.61 Å². The molecule has 0 radical (unpaired) electrons. The lowest BCUT2D eigenvalue weighted by Crippen LogP contribution is -2.25. The molecule has 0 amide bonds. The first-order valence-electron chi connectivity index (χ1n) is 16.5. The summed E-state index contributed by atoms with van der Waals surface area (Å²) in [6.45, 7) is 7.64. The predicted octanol–water partition coefficient (Wildman–Crippen LogP) is 9.95. The van der Waals surface area contributed by atoms with Gasteiger partial charge in [-0.3, -0.25) is 4.79 Å². The van der Waals surface area contributed by atoms with E-state index in [0.717, 1.165) is 19.3 Å². The number of aliphatic hydroxyl groups excluding tert-OH is 1. The van der Waals surface area contributed by atoms with Crippen LogP contribution in [0, 0.1) is 5.92 Å². The Morgan fingerprint density at radius 3 is 1.43 bits per heavy atom. The van der Waals surface area contributed by atoms with E-state index in [4.69, 9.17) is 9.47 Å². The highest BCUT2D eigenvalue weighted by Crippen LogP contribution is 2.15. The molecule has 4 heteroatoms. The molecule has 0 aliphatic carbocycles. The molecule has 0 saturated carbocycles. The molecular weight excluding hydrogens is 460 g/mol. The highest BCUT2D eigenvalue weighted by atomic mass is 16.5. The largest absolute Gasteiger partial charge is 0.463 e. The summed E-state index contributed by atoms with van der Waals surface area (Å²) in [6.07, 6.45) is 30.1. The minimum Gasteiger partial charge on any atom is -0.463 e. The number of hydrogen-bond acceptors (Lipinski definition) is 4. The Balaban J connectivity index is 3.33. The Morgan fingerprint density at radius 2 is 1.00 bits per heavy atom. The van der Waals surface area contributed by atoms with Gasteiger partial charge in [-0.2, -0.15) is 0 Å². The van der Waals surface area contributed by atoms with Crippen molar-refractivity contribution in [2.75, 3.05) is 19.8 Å². The number of aliphatic hydroxyl groups is 1. The number of unbranched alkanes of at least 4 members (excludes halogenated alkanes) is 19. The molecule has 0 spiro atoms. The number of ether oxygens (including phenoxy) is 2.